The zero-order valence-corrected chi connectivity index (χ0v) is 33.9. The third-order valence-electron chi connectivity index (χ3n) is 10.2. The summed E-state index contributed by atoms with van der Waals surface area (Å²) in [6, 6.07) is 3.25. The predicted octanol–water partition coefficient (Wildman–Crippen LogP) is 8.17. The quantitative estimate of drug-likeness (QED) is 0.0490. The third kappa shape index (κ3) is 8.87. The summed E-state index contributed by atoms with van der Waals surface area (Å²) in [7, 11) is -8.38. The Morgan fingerprint density at radius 1 is 0.769 bits per heavy atom. The molecule has 12 heteroatoms. The summed E-state index contributed by atoms with van der Waals surface area (Å²) < 4.78 is 58.2. The van der Waals surface area contributed by atoms with Crippen LogP contribution in [0.4, 0.5) is 0 Å². The highest BCUT2D eigenvalue weighted by Crippen LogP contribution is 2.67. The van der Waals surface area contributed by atoms with Crippen LogP contribution in [0.1, 0.15) is 106 Å². The molecule has 2 aliphatic rings. The lowest BCUT2D eigenvalue weighted by Gasteiger charge is -2.61. The predicted molar refractivity (Wildman–Crippen MR) is 204 cm³/mol. The topological polar surface area (TPSA) is 158 Å². The van der Waals surface area contributed by atoms with Gasteiger partial charge in [-0.25, -0.2) is 0 Å². The first-order valence-electron chi connectivity index (χ1n) is 17.4. The molecule has 1 aromatic rings. The van der Waals surface area contributed by atoms with Gasteiger partial charge in [0.25, 0.3) is 0 Å². The van der Waals surface area contributed by atoms with Gasteiger partial charge in [-0.05, 0) is 123 Å². The van der Waals surface area contributed by atoms with Crippen molar-refractivity contribution in [2.45, 2.75) is 101 Å². The van der Waals surface area contributed by atoms with Gasteiger partial charge in [0.15, 0.2) is 28.8 Å². The van der Waals surface area contributed by atoms with Gasteiger partial charge in [0.2, 0.25) is 0 Å². The lowest BCUT2D eigenvalue weighted by Crippen LogP contribution is -2.70. The Kier molecular flexibility index (Phi) is 12.9. The maximum Gasteiger partial charge on any atom is 0.306 e. The molecule has 10 nitrogen and oxygen atoms in total. The van der Waals surface area contributed by atoms with E-state index in [9.17, 15) is 26.7 Å². The van der Waals surface area contributed by atoms with Crippen molar-refractivity contribution < 1.29 is 44.7 Å². The largest absolute Gasteiger partial charge is 0.506 e. The Morgan fingerprint density at radius 3 is 1.81 bits per heavy atom. The number of aliphatic hydroxyl groups excluding tert-OH is 1. The van der Waals surface area contributed by atoms with Gasteiger partial charge in [0.05, 0.1) is 17.9 Å². The van der Waals surface area contributed by atoms with E-state index in [2.05, 4.69) is 12.2 Å². The van der Waals surface area contributed by atoms with Crippen LogP contribution in [-0.4, -0.2) is 51.8 Å². The number of benzene rings is 1. The SMILES string of the molecule is CC(C)=CCC[C@]1(C)[C@@H](CC=C(C)C)C[C@@]2(CC=C(C)C)C(=O)C(=C(O)c3ccc(OS(C)(=O)=O)c(OS(C)(=O)=O)c3)C(=O)[C@]1(CC=C(C)C)C2=O. The number of hydrogen-bond donors (Lipinski definition) is 1. The molecule has 52 heavy (non-hydrogen) atoms. The van der Waals surface area contributed by atoms with Gasteiger partial charge >= 0.3 is 20.2 Å². The number of rotatable bonds is 14. The molecule has 2 aliphatic carbocycles. The average molecular weight is 759 g/mol. The first-order valence-corrected chi connectivity index (χ1v) is 21.0. The molecule has 286 valence electrons. The lowest BCUT2D eigenvalue weighted by molar-refractivity contribution is -0.178. The monoisotopic (exact) mass is 758 g/mol. The van der Waals surface area contributed by atoms with Crippen LogP contribution in [0.15, 0.2) is 70.4 Å². The number of ketones is 3. The van der Waals surface area contributed by atoms with E-state index in [0.29, 0.717) is 19.3 Å². The Labute approximate surface area is 310 Å². The number of Topliss-reactive ketones (excluding diaryl/α,β-unsaturated/α-hetero) is 3. The van der Waals surface area contributed by atoms with Crippen molar-refractivity contribution in [1.82, 2.24) is 0 Å². The van der Waals surface area contributed by atoms with Crippen molar-refractivity contribution >= 4 is 43.3 Å². The summed E-state index contributed by atoms with van der Waals surface area (Å²) in [4.78, 5) is 45.8. The molecule has 2 fully saturated rings. The second kappa shape index (κ2) is 15.7. The summed E-state index contributed by atoms with van der Waals surface area (Å²) in [5.74, 6) is -4.17. The van der Waals surface area contributed by atoms with E-state index in [4.69, 9.17) is 8.37 Å². The minimum absolute atomic E-state index is 0.00779. The lowest BCUT2D eigenvalue weighted by atomic mass is 9.37. The minimum Gasteiger partial charge on any atom is -0.506 e. The van der Waals surface area contributed by atoms with Gasteiger partial charge in [-0.1, -0.05) is 53.5 Å². The van der Waals surface area contributed by atoms with Crippen LogP contribution in [0.3, 0.4) is 0 Å². The summed E-state index contributed by atoms with van der Waals surface area (Å²) in [5.41, 5.74) is -1.27. The van der Waals surface area contributed by atoms with Crippen LogP contribution in [-0.2, 0) is 34.6 Å². The first-order chi connectivity index (χ1) is 23.8. The van der Waals surface area contributed by atoms with Crippen LogP contribution < -0.4 is 8.37 Å². The van der Waals surface area contributed by atoms with E-state index in [1.807, 2.05) is 74.5 Å². The summed E-state index contributed by atoms with van der Waals surface area (Å²) >= 11 is 0. The summed E-state index contributed by atoms with van der Waals surface area (Å²) in [5, 5.41) is 12.0. The van der Waals surface area contributed by atoms with E-state index in [1.165, 1.54) is 6.07 Å². The van der Waals surface area contributed by atoms with E-state index in [0.717, 1.165) is 46.9 Å². The smallest absolute Gasteiger partial charge is 0.306 e. The van der Waals surface area contributed by atoms with Gasteiger partial charge in [0, 0.05) is 5.56 Å². The van der Waals surface area contributed by atoms with Crippen molar-refractivity contribution in [2.75, 3.05) is 12.5 Å². The zero-order chi connectivity index (χ0) is 39.6. The summed E-state index contributed by atoms with van der Waals surface area (Å²) in [6.45, 7) is 17.4. The molecule has 0 unspecified atom stereocenters. The van der Waals surface area contributed by atoms with Gasteiger partial charge in [-0.2, -0.15) is 16.8 Å². The van der Waals surface area contributed by atoms with Crippen LogP contribution in [0, 0.1) is 22.2 Å². The van der Waals surface area contributed by atoms with Crippen LogP contribution in [0.25, 0.3) is 5.76 Å². The van der Waals surface area contributed by atoms with Gasteiger partial charge in [0.1, 0.15) is 16.7 Å². The van der Waals surface area contributed by atoms with E-state index in [-0.39, 0.29) is 30.7 Å². The van der Waals surface area contributed by atoms with E-state index >= 15 is 9.59 Å². The number of hydrogen-bond acceptors (Lipinski definition) is 10. The van der Waals surface area contributed by atoms with Crippen molar-refractivity contribution in [3.63, 3.8) is 0 Å². The minimum atomic E-state index is -4.24. The molecule has 0 aromatic heterocycles. The molecule has 0 radical (unpaired) electrons. The van der Waals surface area contributed by atoms with Crippen molar-refractivity contribution in [1.29, 1.82) is 0 Å². The molecule has 0 aliphatic heterocycles. The van der Waals surface area contributed by atoms with Crippen LogP contribution >= 0.6 is 0 Å². The van der Waals surface area contributed by atoms with Gasteiger partial charge < -0.3 is 13.5 Å². The van der Waals surface area contributed by atoms with Crippen molar-refractivity contribution in [3.05, 3.63) is 75.9 Å². The Hall–Kier alpha value is -3.77. The second-order valence-corrected chi connectivity index (χ2v) is 18.7. The Balaban J connectivity index is 2.54. The number of aliphatic hydroxyl groups is 1. The molecule has 3 rings (SSSR count). The highest BCUT2D eigenvalue weighted by atomic mass is 32.2. The normalized spacial score (nSPS) is 25.5. The van der Waals surface area contributed by atoms with E-state index in [1.54, 1.807) is 0 Å². The zero-order valence-electron chi connectivity index (χ0n) is 32.3. The fraction of sp³-hybridized carbons (Fsp3) is 0.525. The summed E-state index contributed by atoms with van der Waals surface area (Å²) in [6.07, 6.45) is 11.1. The highest BCUT2D eigenvalue weighted by Gasteiger charge is 2.74. The van der Waals surface area contributed by atoms with Crippen molar-refractivity contribution in [2.24, 2.45) is 22.2 Å². The molecule has 0 saturated heterocycles. The Bertz CT molecular complexity index is 2000. The number of fused-ring (bicyclic) bond motifs is 2. The maximum atomic E-state index is 15.4. The third-order valence-corrected chi connectivity index (χ3v) is 11.2. The molecule has 2 saturated carbocycles. The molecular formula is C40H54O10S2. The molecule has 0 heterocycles. The molecule has 0 amide bonds. The average Bonchev–Trinajstić information content (AvgIpc) is 2.99. The molecule has 1 N–H and O–H groups in total. The fourth-order valence-corrected chi connectivity index (χ4v) is 8.49. The number of allylic oxidation sites excluding steroid dienone is 9. The molecule has 0 spiro atoms. The second-order valence-electron chi connectivity index (χ2n) is 15.6. The van der Waals surface area contributed by atoms with Crippen LogP contribution in [0.2, 0.25) is 0 Å². The molecule has 1 aromatic carbocycles. The first kappa shape index (κ1) is 42.6. The molecular weight excluding hydrogens is 705 g/mol. The van der Waals surface area contributed by atoms with Gasteiger partial charge in [-0.15, -0.1) is 0 Å². The van der Waals surface area contributed by atoms with Crippen molar-refractivity contribution in [3.8, 4) is 11.5 Å². The standard InChI is InChI=1S/C40H54O10S2/c1-25(2)13-12-20-38(9)30(16-14-26(3)4)24-39(21-18-27(5)6)35(42)33(36(43)40(38,37(39)44)22-19-28(7)8)34(41)29-15-17-31(49-51(10,45)46)32(23-29)50-52(11,47)48/h13-15,17-19,23,30,41H,12,16,20-22,24H2,1-11H3/t30-,38+,39-,40+/m0/s1. The molecule has 2 bridgehead atoms. The number of carbonyl (C=O) groups is 3. The Morgan fingerprint density at radius 2 is 1.29 bits per heavy atom. The fourth-order valence-electron chi connectivity index (χ4n) is 7.57. The van der Waals surface area contributed by atoms with Crippen LogP contribution in [0.5, 0.6) is 11.5 Å². The van der Waals surface area contributed by atoms with E-state index < -0.39 is 76.7 Å². The molecule has 4 atom stereocenters. The highest BCUT2D eigenvalue weighted by molar-refractivity contribution is 7.86. The maximum absolute atomic E-state index is 15.4. The number of carbonyl (C=O) groups excluding carboxylic acids is 3. The van der Waals surface area contributed by atoms with Gasteiger partial charge in [-0.3, -0.25) is 14.4 Å².